The molecule has 2 aliphatic heterocycles. The van der Waals surface area contributed by atoms with Crippen molar-refractivity contribution in [2.45, 2.75) is 12.5 Å². The molecule has 3 aromatic rings. The molecule has 5 rings (SSSR count). The SMILES string of the molecule is COc1ccc(C(CCOc2ccc(C3=Cc4ccccc4C4=NCCN34)cc2)OC)cc1OC. The van der Waals surface area contributed by atoms with Crippen LogP contribution in [0.2, 0.25) is 0 Å². The van der Waals surface area contributed by atoms with Crippen LogP contribution in [0.4, 0.5) is 0 Å². The molecule has 2 heterocycles. The van der Waals surface area contributed by atoms with Crippen molar-refractivity contribution in [1.29, 1.82) is 0 Å². The number of fused-ring (bicyclic) bond motifs is 3. The summed E-state index contributed by atoms with van der Waals surface area (Å²) in [5.41, 5.74) is 5.77. The number of nitrogens with zero attached hydrogens (tertiary/aromatic N) is 2. The minimum absolute atomic E-state index is 0.102. The van der Waals surface area contributed by atoms with Crippen molar-refractivity contribution in [3.8, 4) is 17.2 Å². The zero-order chi connectivity index (χ0) is 24.2. The van der Waals surface area contributed by atoms with E-state index in [2.05, 4.69) is 47.4 Å². The summed E-state index contributed by atoms with van der Waals surface area (Å²) in [4.78, 5) is 7.06. The van der Waals surface area contributed by atoms with Crippen LogP contribution in [0.15, 0.2) is 71.7 Å². The Labute approximate surface area is 206 Å². The minimum Gasteiger partial charge on any atom is -0.493 e. The molecule has 0 fully saturated rings. The first kappa shape index (κ1) is 23.0. The Morgan fingerprint density at radius 2 is 1.71 bits per heavy atom. The summed E-state index contributed by atoms with van der Waals surface area (Å²) >= 11 is 0. The Kier molecular flexibility index (Phi) is 6.73. The lowest BCUT2D eigenvalue weighted by molar-refractivity contribution is 0.0809. The number of hydrogen-bond acceptors (Lipinski definition) is 6. The molecular weight excluding hydrogens is 440 g/mol. The van der Waals surface area contributed by atoms with E-state index in [1.807, 2.05) is 30.3 Å². The van der Waals surface area contributed by atoms with Crippen LogP contribution in [0.5, 0.6) is 17.2 Å². The van der Waals surface area contributed by atoms with Crippen molar-refractivity contribution < 1.29 is 18.9 Å². The van der Waals surface area contributed by atoms with Crippen molar-refractivity contribution in [2.24, 2.45) is 4.99 Å². The van der Waals surface area contributed by atoms with Gasteiger partial charge in [0.05, 0.1) is 39.2 Å². The highest BCUT2D eigenvalue weighted by molar-refractivity contribution is 6.12. The second-order valence-corrected chi connectivity index (χ2v) is 8.47. The summed E-state index contributed by atoms with van der Waals surface area (Å²) in [5, 5.41) is 0. The van der Waals surface area contributed by atoms with Gasteiger partial charge < -0.3 is 23.8 Å². The van der Waals surface area contributed by atoms with Crippen molar-refractivity contribution >= 4 is 17.6 Å². The van der Waals surface area contributed by atoms with Crippen molar-refractivity contribution in [1.82, 2.24) is 4.90 Å². The molecule has 0 aromatic heterocycles. The van der Waals surface area contributed by atoms with Crippen molar-refractivity contribution in [3.63, 3.8) is 0 Å². The molecule has 180 valence electrons. The molecule has 0 bridgehead atoms. The molecule has 0 aliphatic carbocycles. The first-order valence-corrected chi connectivity index (χ1v) is 11.8. The third kappa shape index (κ3) is 4.62. The van der Waals surface area contributed by atoms with Crippen molar-refractivity contribution in [3.05, 3.63) is 89.0 Å². The fraction of sp³-hybridized carbons (Fsp3) is 0.276. The van der Waals surface area contributed by atoms with Gasteiger partial charge in [-0.2, -0.15) is 0 Å². The van der Waals surface area contributed by atoms with E-state index in [0.717, 1.165) is 35.8 Å². The maximum Gasteiger partial charge on any atom is 0.161 e. The van der Waals surface area contributed by atoms with Gasteiger partial charge in [-0.3, -0.25) is 4.99 Å². The van der Waals surface area contributed by atoms with Gasteiger partial charge in [-0.15, -0.1) is 0 Å². The van der Waals surface area contributed by atoms with Crippen LogP contribution < -0.4 is 14.2 Å². The molecular formula is C29H30N2O4. The predicted octanol–water partition coefficient (Wildman–Crippen LogP) is 5.43. The Bertz CT molecular complexity index is 1250. The standard InChI is InChI=1S/C29H30N2O4/c1-32-26(22-10-13-27(33-2)28(19-22)34-3)14-17-35-23-11-8-20(9-12-23)25-18-21-6-4-5-7-24(21)29-30-15-16-31(25)29/h4-13,18-19,26H,14-17H2,1-3H3. The number of rotatable bonds is 9. The fourth-order valence-electron chi connectivity index (χ4n) is 4.68. The number of amidine groups is 1. The molecule has 6 heteroatoms. The van der Waals surface area contributed by atoms with E-state index >= 15 is 0 Å². The topological polar surface area (TPSA) is 52.5 Å². The molecule has 0 spiro atoms. The van der Waals surface area contributed by atoms with E-state index in [-0.39, 0.29) is 6.10 Å². The number of benzene rings is 3. The molecule has 0 radical (unpaired) electrons. The van der Waals surface area contributed by atoms with Gasteiger partial charge in [0.1, 0.15) is 11.6 Å². The molecule has 0 N–H and O–H groups in total. The average molecular weight is 471 g/mol. The number of hydrogen-bond donors (Lipinski definition) is 0. The van der Waals surface area contributed by atoms with Gasteiger partial charge in [0.25, 0.3) is 0 Å². The monoisotopic (exact) mass is 470 g/mol. The second-order valence-electron chi connectivity index (χ2n) is 8.47. The number of aliphatic imine (C=N–C) groups is 1. The summed E-state index contributed by atoms with van der Waals surface area (Å²) in [6.45, 7) is 2.26. The van der Waals surface area contributed by atoms with Crippen LogP contribution >= 0.6 is 0 Å². The quantitative estimate of drug-likeness (QED) is 0.417. The average Bonchev–Trinajstić information content (AvgIpc) is 3.41. The Balaban J connectivity index is 1.25. The van der Waals surface area contributed by atoms with Crippen LogP contribution in [0.25, 0.3) is 11.8 Å². The Morgan fingerprint density at radius 1 is 0.914 bits per heavy atom. The molecule has 35 heavy (non-hydrogen) atoms. The lowest BCUT2D eigenvalue weighted by Crippen LogP contribution is -2.30. The van der Waals surface area contributed by atoms with E-state index in [9.17, 15) is 0 Å². The van der Waals surface area contributed by atoms with Gasteiger partial charge in [-0.05, 0) is 59.2 Å². The molecule has 6 nitrogen and oxygen atoms in total. The Morgan fingerprint density at radius 3 is 2.49 bits per heavy atom. The van der Waals surface area contributed by atoms with Gasteiger partial charge >= 0.3 is 0 Å². The van der Waals surface area contributed by atoms with Crippen molar-refractivity contribution in [2.75, 3.05) is 41.0 Å². The van der Waals surface area contributed by atoms with E-state index in [0.29, 0.717) is 24.5 Å². The van der Waals surface area contributed by atoms with E-state index in [1.54, 1.807) is 21.3 Å². The highest BCUT2D eigenvalue weighted by Gasteiger charge is 2.28. The highest BCUT2D eigenvalue weighted by Crippen LogP contribution is 2.34. The molecule has 0 saturated carbocycles. The normalized spacial score (nSPS) is 15.0. The summed E-state index contributed by atoms with van der Waals surface area (Å²) < 4.78 is 22.5. The van der Waals surface area contributed by atoms with Crippen LogP contribution in [-0.4, -0.2) is 51.8 Å². The van der Waals surface area contributed by atoms with Gasteiger partial charge in [-0.25, -0.2) is 0 Å². The largest absolute Gasteiger partial charge is 0.493 e. The lowest BCUT2D eigenvalue weighted by atomic mass is 9.97. The van der Waals surface area contributed by atoms with Crippen LogP contribution in [0, 0.1) is 0 Å². The second kappa shape index (κ2) is 10.2. The zero-order valence-electron chi connectivity index (χ0n) is 20.4. The third-order valence-corrected chi connectivity index (χ3v) is 6.49. The maximum absolute atomic E-state index is 6.05. The highest BCUT2D eigenvalue weighted by atomic mass is 16.5. The number of ether oxygens (including phenoxy) is 4. The van der Waals surface area contributed by atoms with E-state index < -0.39 is 0 Å². The smallest absolute Gasteiger partial charge is 0.161 e. The molecule has 1 atom stereocenters. The first-order valence-electron chi connectivity index (χ1n) is 11.8. The molecule has 2 aliphatic rings. The van der Waals surface area contributed by atoms with E-state index in [1.165, 1.54) is 16.8 Å². The summed E-state index contributed by atoms with van der Waals surface area (Å²) in [6, 6.07) is 22.6. The van der Waals surface area contributed by atoms with Gasteiger partial charge in [0.15, 0.2) is 11.5 Å². The zero-order valence-corrected chi connectivity index (χ0v) is 20.4. The van der Waals surface area contributed by atoms with Gasteiger partial charge in [-0.1, -0.05) is 30.3 Å². The molecule has 0 amide bonds. The van der Waals surface area contributed by atoms with Gasteiger partial charge in [0, 0.05) is 25.6 Å². The molecule has 3 aromatic carbocycles. The Hall–Kier alpha value is -3.77. The summed E-state index contributed by atoms with van der Waals surface area (Å²) in [5.74, 6) is 3.29. The number of methoxy groups -OCH3 is 3. The summed E-state index contributed by atoms with van der Waals surface area (Å²) in [6.07, 6.45) is 2.86. The lowest BCUT2D eigenvalue weighted by Gasteiger charge is -2.29. The summed E-state index contributed by atoms with van der Waals surface area (Å²) in [7, 11) is 4.98. The van der Waals surface area contributed by atoms with Crippen LogP contribution in [0.3, 0.4) is 0 Å². The predicted molar refractivity (Wildman–Crippen MR) is 138 cm³/mol. The van der Waals surface area contributed by atoms with Crippen LogP contribution in [-0.2, 0) is 4.74 Å². The molecule has 0 saturated heterocycles. The fourth-order valence-corrected chi connectivity index (χ4v) is 4.68. The first-order chi connectivity index (χ1) is 17.2. The van der Waals surface area contributed by atoms with E-state index in [4.69, 9.17) is 23.9 Å². The third-order valence-electron chi connectivity index (χ3n) is 6.49. The van der Waals surface area contributed by atoms with Gasteiger partial charge in [0.2, 0.25) is 0 Å². The van der Waals surface area contributed by atoms with Crippen LogP contribution in [0.1, 0.15) is 34.8 Å². The maximum atomic E-state index is 6.05. The molecule has 1 unspecified atom stereocenters. The minimum atomic E-state index is -0.102.